The highest BCUT2D eigenvalue weighted by Gasteiger charge is 2.10. The second-order valence-corrected chi connectivity index (χ2v) is 5.54. The molecular formula is C16H16ClN3. The number of aryl methyl sites for hydroxylation is 2. The molecule has 102 valence electrons. The molecule has 0 atom stereocenters. The first-order valence-electron chi connectivity index (χ1n) is 6.52. The highest BCUT2D eigenvalue weighted by molar-refractivity contribution is 6.30. The number of aromatic nitrogens is 2. The summed E-state index contributed by atoms with van der Waals surface area (Å²) in [5, 5.41) is 0.740. The van der Waals surface area contributed by atoms with E-state index in [-0.39, 0.29) is 0 Å². The lowest BCUT2D eigenvalue weighted by Crippen LogP contribution is -2.04. The van der Waals surface area contributed by atoms with Crippen LogP contribution in [0.2, 0.25) is 5.02 Å². The zero-order chi connectivity index (χ0) is 14.3. The maximum atomic E-state index is 6.06. The van der Waals surface area contributed by atoms with Gasteiger partial charge in [-0.25, -0.2) is 4.98 Å². The van der Waals surface area contributed by atoms with Gasteiger partial charge in [-0.1, -0.05) is 23.7 Å². The third kappa shape index (κ3) is 2.25. The Kier molecular flexibility index (Phi) is 3.14. The molecule has 4 heteroatoms. The summed E-state index contributed by atoms with van der Waals surface area (Å²) in [4.78, 5) is 4.44. The Bertz CT molecular complexity index is 773. The van der Waals surface area contributed by atoms with E-state index in [1.165, 1.54) is 11.1 Å². The maximum Gasteiger partial charge on any atom is 0.201 e. The summed E-state index contributed by atoms with van der Waals surface area (Å²) in [5.41, 5.74) is 11.7. The van der Waals surface area contributed by atoms with Gasteiger partial charge in [-0.15, -0.1) is 0 Å². The first-order chi connectivity index (χ1) is 9.54. The summed E-state index contributed by atoms with van der Waals surface area (Å²) in [6, 6.07) is 12.0. The van der Waals surface area contributed by atoms with Crippen LogP contribution >= 0.6 is 11.6 Å². The summed E-state index contributed by atoms with van der Waals surface area (Å²) in [6.45, 7) is 4.88. The zero-order valence-corrected chi connectivity index (χ0v) is 12.3. The fourth-order valence-electron chi connectivity index (χ4n) is 2.34. The van der Waals surface area contributed by atoms with Gasteiger partial charge in [-0.05, 0) is 54.8 Å². The van der Waals surface area contributed by atoms with Gasteiger partial charge < -0.3 is 10.3 Å². The van der Waals surface area contributed by atoms with E-state index in [0.717, 1.165) is 21.6 Å². The fourth-order valence-corrected chi connectivity index (χ4v) is 2.46. The molecule has 0 aliphatic rings. The van der Waals surface area contributed by atoms with Crippen LogP contribution in [0.15, 0.2) is 36.4 Å². The van der Waals surface area contributed by atoms with E-state index in [1.54, 1.807) is 0 Å². The molecule has 1 aromatic heterocycles. The lowest BCUT2D eigenvalue weighted by Gasteiger charge is -2.08. The fraction of sp³-hybridized carbons (Fsp3) is 0.188. The second-order valence-electron chi connectivity index (χ2n) is 5.11. The number of rotatable bonds is 2. The smallest absolute Gasteiger partial charge is 0.201 e. The molecule has 3 nitrogen and oxygen atoms in total. The van der Waals surface area contributed by atoms with Gasteiger partial charge in [0.05, 0.1) is 17.6 Å². The molecule has 0 saturated heterocycles. The largest absolute Gasteiger partial charge is 0.369 e. The van der Waals surface area contributed by atoms with Crippen molar-refractivity contribution in [2.24, 2.45) is 0 Å². The summed E-state index contributed by atoms with van der Waals surface area (Å²) in [7, 11) is 0. The van der Waals surface area contributed by atoms with Crippen molar-refractivity contribution in [3.63, 3.8) is 0 Å². The van der Waals surface area contributed by atoms with E-state index in [1.807, 2.05) is 28.8 Å². The van der Waals surface area contributed by atoms with E-state index in [4.69, 9.17) is 17.3 Å². The molecule has 0 aliphatic heterocycles. The van der Waals surface area contributed by atoms with Crippen molar-refractivity contribution < 1.29 is 0 Å². The number of nitrogens with zero attached hydrogens (tertiary/aromatic N) is 2. The minimum absolute atomic E-state index is 0.542. The normalized spacial score (nSPS) is 11.2. The number of benzene rings is 2. The predicted molar refractivity (Wildman–Crippen MR) is 84.2 cm³/mol. The van der Waals surface area contributed by atoms with Crippen molar-refractivity contribution in [3.8, 4) is 0 Å². The third-order valence-electron chi connectivity index (χ3n) is 3.65. The number of halogens is 1. The standard InChI is InChI=1S/C16H16ClN3/c1-10-7-14-15(8-11(10)2)20(16(18)19-14)9-12-3-5-13(17)6-4-12/h3-8H,9H2,1-2H3,(H2,18,19). The summed E-state index contributed by atoms with van der Waals surface area (Å²) < 4.78 is 2.03. The van der Waals surface area contributed by atoms with Crippen molar-refractivity contribution >= 4 is 28.6 Å². The Hall–Kier alpha value is -2.00. The van der Waals surface area contributed by atoms with E-state index >= 15 is 0 Å². The van der Waals surface area contributed by atoms with Gasteiger partial charge in [-0.3, -0.25) is 0 Å². The Morgan fingerprint density at radius 2 is 1.75 bits per heavy atom. The van der Waals surface area contributed by atoms with Crippen LogP contribution < -0.4 is 5.73 Å². The molecular weight excluding hydrogens is 270 g/mol. The van der Waals surface area contributed by atoms with Crippen LogP contribution in [0.4, 0.5) is 5.95 Å². The first-order valence-corrected chi connectivity index (χ1v) is 6.90. The number of imidazole rings is 1. The molecule has 20 heavy (non-hydrogen) atoms. The first kappa shape index (κ1) is 13.0. The van der Waals surface area contributed by atoms with Gasteiger partial charge in [0.1, 0.15) is 0 Å². The zero-order valence-electron chi connectivity index (χ0n) is 11.5. The molecule has 0 unspecified atom stereocenters. The molecule has 0 spiro atoms. The molecule has 3 aromatic rings. The Morgan fingerprint density at radius 1 is 1.10 bits per heavy atom. The number of hydrogen-bond acceptors (Lipinski definition) is 2. The summed E-state index contributed by atoms with van der Waals surface area (Å²) >= 11 is 5.91. The van der Waals surface area contributed by atoms with Gasteiger partial charge in [0, 0.05) is 5.02 Å². The molecule has 1 heterocycles. The Labute approximate surface area is 123 Å². The van der Waals surface area contributed by atoms with Crippen LogP contribution in [0.1, 0.15) is 16.7 Å². The molecule has 0 bridgehead atoms. The SMILES string of the molecule is Cc1cc2nc(N)n(Cc3ccc(Cl)cc3)c2cc1C. The van der Waals surface area contributed by atoms with E-state index in [0.29, 0.717) is 12.5 Å². The molecule has 0 amide bonds. The number of nitrogens with two attached hydrogens (primary N) is 1. The van der Waals surface area contributed by atoms with Crippen LogP contribution in [0, 0.1) is 13.8 Å². The van der Waals surface area contributed by atoms with Crippen molar-refractivity contribution in [2.45, 2.75) is 20.4 Å². The van der Waals surface area contributed by atoms with Gasteiger partial charge in [0.25, 0.3) is 0 Å². The number of anilines is 1. The van der Waals surface area contributed by atoms with Gasteiger partial charge in [0.2, 0.25) is 5.95 Å². The van der Waals surface area contributed by atoms with Gasteiger partial charge >= 0.3 is 0 Å². The molecule has 3 rings (SSSR count). The van der Waals surface area contributed by atoms with Crippen molar-refractivity contribution in [2.75, 3.05) is 5.73 Å². The average Bonchev–Trinajstić information content (AvgIpc) is 2.69. The van der Waals surface area contributed by atoms with E-state index in [9.17, 15) is 0 Å². The molecule has 0 saturated carbocycles. The molecule has 0 radical (unpaired) electrons. The highest BCUT2D eigenvalue weighted by atomic mass is 35.5. The Balaban J connectivity index is 2.08. The monoisotopic (exact) mass is 285 g/mol. The van der Waals surface area contributed by atoms with Gasteiger partial charge in [-0.2, -0.15) is 0 Å². The van der Waals surface area contributed by atoms with Crippen LogP contribution in [0.3, 0.4) is 0 Å². The van der Waals surface area contributed by atoms with E-state index < -0.39 is 0 Å². The molecule has 0 fully saturated rings. The third-order valence-corrected chi connectivity index (χ3v) is 3.90. The number of hydrogen-bond donors (Lipinski definition) is 1. The quantitative estimate of drug-likeness (QED) is 0.775. The topological polar surface area (TPSA) is 43.8 Å². The molecule has 2 aromatic carbocycles. The van der Waals surface area contributed by atoms with Crippen molar-refractivity contribution in [3.05, 3.63) is 58.1 Å². The summed E-state index contributed by atoms with van der Waals surface area (Å²) in [5.74, 6) is 0.542. The Morgan fingerprint density at radius 3 is 2.45 bits per heavy atom. The highest BCUT2D eigenvalue weighted by Crippen LogP contribution is 2.23. The minimum Gasteiger partial charge on any atom is -0.369 e. The molecule has 0 aliphatic carbocycles. The van der Waals surface area contributed by atoms with Crippen molar-refractivity contribution in [1.82, 2.24) is 9.55 Å². The lowest BCUT2D eigenvalue weighted by molar-refractivity contribution is 0.838. The van der Waals surface area contributed by atoms with E-state index in [2.05, 4.69) is 31.0 Å². The lowest BCUT2D eigenvalue weighted by atomic mass is 10.1. The summed E-state index contributed by atoms with van der Waals surface area (Å²) in [6.07, 6.45) is 0. The van der Waals surface area contributed by atoms with Gasteiger partial charge in [0.15, 0.2) is 0 Å². The van der Waals surface area contributed by atoms with Crippen molar-refractivity contribution in [1.29, 1.82) is 0 Å². The van der Waals surface area contributed by atoms with Crippen LogP contribution in [0.25, 0.3) is 11.0 Å². The molecule has 2 N–H and O–H groups in total. The average molecular weight is 286 g/mol. The number of nitrogen functional groups attached to an aromatic ring is 1. The number of fused-ring (bicyclic) bond motifs is 1. The van der Waals surface area contributed by atoms with Crippen LogP contribution in [-0.2, 0) is 6.54 Å². The van der Waals surface area contributed by atoms with Crippen LogP contribution in [-0.4, -0.2) is 9.55 Å². The second kappa shape index (κ2) is 4.84. The van der Waals surface area contributed by atoms with Crippen LogP contribution in [0.5, 0.6) is 0 Å². The minimum atomic E-state index is 0.542. The predicted octanol–water partition coefficient (Wildman–Crippen LogP) is 3.94. The maximum absolute atomic E-state index is 6.06.